The van der Waals surface area contributed by atoms with Crippen LogP contribution < -0.4 is 16.0 Å². The summed E-state index contributed by atoms with van der Waals surface area (Å²) in [5, 5.41) is 8.57. The Kier molecular flexibility index (Phi) is 4.59. The first-order valence-corrected chi connectivity index (χ1v) is 10.4. The summed E-state index contributed by atoms with van der Waals surface area (Å²) in [5.74, 6) is -0.751. The summed E-state index contributed by atoms with van der Waals surface area (Å²) < 4.78 is 0. The molecule has 5 rings (SSSR count). The van der Waals surface area contributed by atoms with E-state index in [0.717, 1.165) is 30.8 Å². The molecule has 3 saturated heterocycles. The third-order valence-corrected chi connectivity index (χ3v) is 6.74. The van der Waals surface area contributed by atoms with Crippen molar-refractivity contribution < 1.29 is 19.2 Å². The minimum atomic E-state index is -0.599. The number of hydrogen-bond acceptors (Lipinski definition) is 6. The van der Waals surface area contributed by atoms with Gasteiger partial charge in [0.2, 0.25) is 17.7 Å². The molecule has 1 aromatic rings. The van der Waals surface area contributed by atoms with Gasteiger partial charge in [0, 0.05) is 57.7 Å². The van der Waals surface area contributed by atoms with Crippen molar-refractivity contribution in [2.75, 3.05) is 26.2 Å². The first kappa shape index (κ1) is 19.2. The topological polar surface area (TPSA) is 111 Å². The number of benzene rings is 1. The van der Waals surface area contributed by atoms with Crippen LogP contribution in [0.25, 0.3) is 0 Å². The lowest BCUT2D eigenvalue weighted by atomic mass is 9.86. The molecule has 1 unspecified atom stereocenters. The fourth-order valence-electron chi connectivity index (χ4n) is 4.97. The SMILES string of the molecule is O=C1CC2(CNC2)N(Cc2ccc3c(c2)C(=O)N(C2CCC(=O)NC2=O)C3)CCN1. The molecule has 30 heavy (non-hydrogen) atoms. The van der Waals surface area contributed by atoms with Gasteiger partial charge in [0.25, 0.3) is 5.91 Å². The van der Waals surface area contributed by atoms with Crippen molar-refractivity contribution in [3.8, 4) is 0 Å². The molecule has 0 bridgehead atoms. The number of nitrogens with one attached hydrogen (secondary N) is 3. The number of hydrogen-bond donors (Lipinski definition) is 3. The van der Waals surface area contributed by atoms with Gasteiger partial charge in [-0.1, -0.05) is 12.1 Å². The molecule has 3 N–H and O–H groups in total. The Hall–Kier alpha value is -2.78. The molecule has 0 aliphatic carbocycles. The molecule has 9 nitrogen and oxygen atoms in total. The Bertz CT molecular complexity index is 941. The molecule has 3 fully saturated rings. The van der Waals surface area contributed by atoms with E-state index in [2.05, 4.69) is 20.9 Å². The number of piperidine rings is 1. The summed E-state index contributed by atoms with van der Waals surface area (Å²) in [6.45, 7) is 4.00. The van der Waals surface area contributed by atoms with Crippen LogP contribution in [-0.2, 0) is 27.5 Å². The second kappa shape index (κ2) is 7.17. The Labute approximate surface area is 174 Å². The molecular weight excluding hydrogens is 386 g/mol. The van der Waals surface area contributed by atoms with Gasteiger partial charge >= 0.3 is 0 Å². The van der Waals surface area contributed by atoms with Crippen LogP contribution in [0.1, 0.15) is 40.7 Å². The number of imide groups is 1. The molecule has 4 heterocycles. The molecule has 9 heteroatoms. The smallest absolute Gasteiger partial charge is 0.255 e. The Morgan fingerprint density at radius 1 is 1.10 bits per heavy atom. The van der Waals surface area contributed by atoms with E-state index in [-0.39, 0.29) is 29.7 Å². The molecule has 1 atom stereocenters. The average molecular weight is 411 g/mol. The molecule has 0 saturated carbocycles. The van der Waals surface area contributed by atoms with Crippen LogP contribution in [0.3, 0.4) is 0 Å². The van der Waals surface area contributed by atoms with Gasteiger partial charge < -0.3 is 15.5 Å². The second-order valence-corrected chi connectivity index (χ2v) is 8.67. The third-order valence-electron chi connectivity index (χ3n) is 6.74. The molecular formula is C21H25N5O4. The van der Waals surface area contributed by atoms with Crippen LogP contribution in [0.15, 0.2) is 18.2 Å². The third kappa shape index (κ3) is 3.18. The first-order valence-electron chi connectivity index (χ1n) is 10.4. The van der Waals surface area contributed by atoms with Gasteiger partial charge in [-0.2, -0.15) is 0 Å². The van der Waals surface area contributed by atoms with Gasteiger partial charge in [-0.25, -0.2) is 0 Å². The number of carbonyl (C=O) groups excluding carboxylic acids is 4. The standard InChI is InChI=1S/C21H25N5O4/c27-17-4-3-16(19(29)24-17)26-10-14-2-1-13(7-15(14)20(26)30)9-25-6-5-23-18(28)8-21(25)11-22-12-21/h1-2,7,16,22H,3-6,8-12H2,(H,23,28)(H,24,27,29). The van der Waals surface area contributed by atoms with Gasteiger partial charge in [0.05, 0.1) is 5.54 Å². The lowest BCUT2D eigenvalue weighted by Crippen LogP contribution is -2.69. The summed E-state index contributed by atoms with van der Waals surface area (Å²) in [4.78, 5) is 52.6. The van der Waals surface area contributed by atoms with E-state index in [9.17, 15) is 19.2 Å². The van der Waals surface area contributed by atoms with Crippen molar-refractivity contribution in [2.45, 2.75) is 43.9 Å². The van der Waals surface area contributed by atoms with Crippen molar-refractivity contribution in [2.24, 2.45) is 0 Å². The molecule has 4 amide bonds. The zero-order valence-electron chi connectivity index (χ0n) is 16.7. The van der Waals surface area contributed by atoms with Crippen molar-refractivity contribution in [3.63, 3.8) is 0 Å². The maximum absolute atomic E-state index is 13.0. The molecule has 1 aromatic carbocycles. The van der Waals surface area contributed by atoms with Crippen molar-refractivity contribution in [3.05, 3.63) is 34.9 Å². The summed E-state index contributed by atoms with van der Waals surface area (Å²) >= 11 is 0. The Balaban J connectivity index is 1.34. The monoisotopic (exact) mass is 411 g/mol. The largest absolute Gasteiger partial charge is 0.355 e. The predicted molar refractivity (Wildman–Crippen MR) is 106 cm³/mol. The fourth-order valence-corrected chi connectivity index (χ4v) is 4.97. The minimum Gasteiger partial charge on any atom is -0.355 e. The van der Waals surface area contributed by atoms with Crippen LogP contribution >= 0.6 is 0 Å². The van der Waals surface area contributed by atoms with Crippen LogP contribution in [0.2, 0.25) is 0 Å². The predicted octanol–water partition coefficient (Wildman–Crippen LogP) is -0.888. The number of rotatable bonds is 3. The zero-order chi connectivity index (χ0) is 20.9. The number of amides is 4. The average Bonchev–Trinajstić information content (AvgIpc) is 2.89. The highest BCUT2D eigenvalue weighted by Gasteiger charge is 2.45. The highest BCUT2D eigenvalue weighted by Crippen LogP contribution is 2.31. The van der Waals surface area contributed by atoms with E-state index in [1.54, 1.807) is 4.90 Å². The van der Waals surface area contributed by atoms with Gasteiger partial charge in [0.15, 0.2) is 0 Å². The lowest BCUT2D eigenvalue weighted by molar-refractivity contribution is -0.137. The summed E-state index contributed by atoms with van der Waals surface area (Å²) in [6, 6.07) is 5.31. The van der Waals surface area contributed by atoms with E-state index in [1.807, 2.05) is 18.2 Å². The second-order valence-electron chi connectivity index (χ2n) is 8.67. The molecule has 0 aromatic heterocycles. The quantitative estimate of drug-likeness (QED) is 0.557. The minimum absolute atomic E-state index is 0.0861. The van der Waals surface area contributed by atoms with E-state index in [1.165, 1.54) is 0 Å². The number of carbonyl (C=O) groups is 4. The summed E-state index contributed by atoms with van der Waals surface area (Å²) in [7, 11) is 0. The maximum Gasteiger partial charge on any atom is 0.255 e. The van der Waals surface area contributed by atoms with E-state index >= 15 is 0 Å². The molecule has 4 aliphatic heterocycles. The number of fused-ring (bicyclic) bond motifs is 1. The zero-order valence-corrected chi connectivity index (χ0v) is 16.7. The highest BCUT2D eigenvalue weighted by atomic mass is 16.2. The Morgan fingerprint density at radius 3 is 2.67 bits per heavy atom. The first-order chi connectivity index (χ1) is 14.4. The summed E-state index contributed by atoms with van der Waals surface area (Å²) in [6.07, 6.45) is 1.09. The van der Waals surface area contributed by atoms with Crippen LogP contribution in [0.4, 0.5) is 0 Å². The van der Waals surface area contributed by atoms with Crippen LogP contribution in [0, 0.1) is 0 Å². The number of nitrogens with zero attached hydrogens (tertiary/aromatic N) is 2. The molecule has 0 radical (unpaired) electrons. The lowest BCUT2D eigenvalue weighted by Gasteiger charge is -2.49. The van der Waals surface area contributed by atoms with Crippen molar-refractivity contribution in [1.82, 2.24) is 25.8 Å². The van der Waals surface area contributed by atoms with E-state index in [4.69, 9.17) is 0 Å². The molecule has 158 valence electrons. The maximum atomic E-state index is 13.0. The van der Waals surface area contributed by atoms with E-state index < -0.39 is 11.9 Å². The highest BCUT2D eigenvalue weighted by molar-refractivity contribution is 6.05. The normalized spacial score (nSPS) is 26.1. The van der Waals surface area contributed by atoms with Crippen LogP contribution in [0.5, 0.6) is 0 Å². The Morgan fingerprint density at radius 2 is 1.93 bits per heavy atom. The van der Waals surface area contributed by atoms with E-state index in [0.29, 0.717) is 38.0 Å². The van der Waals surface area contributed by atoms with Gasteiger partial charge in [-0.05, 0) is 23.6 Å². The van der Waals surface area contributed by atoms with Crippen molar-refractivity contribution in [1.29, 1.82) is 0 Å². The molecule has 4 aliphatic rings. The van der Waals surface area contributed by atoms with Crippen LogP contribution in [-0.4, -0.2) is 71.2 Å². The van der Waals surface area contributed by atoms with Crippen molar-refractivity contribution >= 4 is 23.6 Å². The van der Waals surface area contributed by atoms with Gasteiger partial charge in [-0.15, -0.1) is 0 Å². The molecule has 1 spiro atoms. The summed E-state index contributed by atoms with van der Waals surface area (Å²) in [5.41, 5.74) is 2.39. The fraction of sp³-hybridized carbons (Fsp3) is 0.524. The van der Waals surface area contributed by atoms with Gasteiger partial charge in [0.1, 0.15) is 6.04 Å². The van der Waals surface area contributed by atoms with Gasteiger partial charge in [-0.3, -0.25) is 29.4 Å².